The molecule has 0 N–H and O–H groups in total. The summed E-state index contributed by atoms with van der Waals surface area (Å²) >= 11 is 0. The summed E-state index contributed by atoms with van der Waals surface area (Å²) in [5.41, 5.74) is 7.71. The van der Waals surface area contributed by atoms with Crippen LogP contribution in [0.15, 0.2) is 82.8 Å². The van der Waals surface area contributed by atoms with Crippen LogP contribution < -0.4 is 0 Å². The molecule has 0 aliphatic carbocycles. The standard InChI is InChI=1S/C16H17N.C15H15N/c1-4-14-16(2,3)15-12-8-6-5-7-11(12)9-10-13(15)17-14;1-10-15(2,3)14-12-7-5-4-6-11(12)8-9-13(14)16-10/h5-10H,4H2,1-3H3;4-9H,1-3H3. The van der Waals surface area contributed by atoms with Crippen LogP contribution in [0.5, 0.6) is 0 Å². The third-order valence-corrected chi connectivity index (χ3v) is 7.57. The average Bonchev–Trinajstić information content (AvgIpc) is 3.22. The number of hydrogen-bond donors (Lipinski definition) is 0. The van der Waals surface area contributed by atoms with Gasteiger partial charge >= 0.3 is 0 Å². The van der Waals surface area contributed by atoms with Crippen molar-refractivity contribution >= 4 is 44.3 Å². The molecular formula is C31H32N2. The highest BCUT2D eigenvalue weighted by Crippen LogP contribution is 2.45. The van der Waals surface area contributed by atoms with Gasteiger partial charge in [-0.15, -0.1) is 0 Å². The maximum absolute atomic E-state index is 4.79. The van der Waals surface area contributed by atoms with E-state index >= 15 is 0 Å². The van der Waals surface area contributed by atoms with E-state index in [2.05, 4.69) is 119 Å². The van der Waals surface area contributed by atoms with Crippen molar-refractivity contribution in [2.45, 2.75) is 58.8 Å². The molecule has 0 atom stereocenters. The zero-order chi connectivity index (χ0) is 23.4. The van der Waals surface area contributed by atoms with Crippen LogP contribution in [0.3, 0.4) is 0 Å². The van der Waals surface area contributed by atoms with E-state index in [0.717, 1.165) is 17.8 Å². The molecule has 0 aromatic heterocycles. The van der Waals surface area contributed by atoms with Gasteiger partial charge in [0.2, 0.25) is 0 Å². The molecule has 0 bridgehead atoms. The molecule has 2 aliphatic rings. The largest absolute Gasteiger partial charge is 0.257 e. The SMILES string of the molecule is CC1=Nc2ccc3ccccc3c2C1(C)C.CCC1=Nc2ccc3ccccc3c2C1(C)C. The number of rotatable bonds is 1. The first-order valence-corrected chi connectivity index (χ1v) is 11.9. The summed E-state index contributed by atoms with van der Waals surface area (Å²) in [4.78, 5) is 9.46. The fourth-order valence-corrected chi connectivity index (χ4v) is 5.47. The lowest BCUT2D eigenvalue weighted by atomic mass is 9.78. The minimum atomic E-state index is 0.0657. The molecule has 166 valence electrons. The predicted molar refractivity (Wildman–Crippen MR) is 144 cm³/mol. The lowest BCUT2D eigenvalue weighted by molar-refractivity contribution is 0.728. The van der Waals surface area contributed by atoms with Gasteiger partial charge in [-0.05, 0) is 58.1 Å². The summed E-state index contributed by atoms with van der Waals surface area (Å²) in [6.45, 7) is 13.4. The molecule has 0 unspecified atom stereocenters. The number of fused-ring (bicyclic) bond motifs is 6. The summed E-state index contributed by atoms with van der Waals surface area (Å²) in [6, 6.07) is 25.8. The second kappa shape index (κ2) is 7.66. The Labute approximate surface area is 197 Å². The topological polar surface area (TPSA) is 24.7 Å². The van der Waals surface area contributed by atoms with E-state index < -0.39 is 0 Å². The summed E-state index contributed by atoms with van der Waals surface area (Å²) in [6.07, 6.45) is 1.02. The van der Waals surface area contributed by atoms with E-state index in [4.69, 9.17) is 4.99 Å². The van der Waals surface area contributed by atoms with Crippen molar-refractivity contribution < 1.29 is 0 Å². The second-order valence-corrected chi connectivity index (χ2v) is 10.2. The lowest BCUT2D eigenvalue weighted by Gasteiger charge is -2.23. The van der Waals surface area contributed by atoms with E-state index in [1.165, 1.54) is 44.1 Å². The molecule has 0 fully saturated rings. The first-order chi connectivity index (χ1) is 15.7. The van der Waals surface area contributed by atoms with Crippen molar-refractivity contribution in [3.8, 4) is 0 Å². The Kier molecular flexibility index (Phi) is 5.01. The number of aliphatic imine (C=N–C) groups is 2. The molecule has 2 heteroatoms. The number of hydrogen-bond acceptors (Lipinski definition) is 2. The third kappa shape index (κ3) is 3.31. The van der Waals surface area contributed by atoms with Gasteiger partial charge in [-0.3, -0.25) is 9.98 Å². The Morgan fingerprint density at radius 3 is 1.64 bits per heavy atom. The van der Waals surface area contributed by atoms with E-state index in [-0.39, 0.29) is 10.8 Å². The fourth-order valence-electron chi connectivity index (χ4n) is 5.47. The highest BCUT2D eigenvalue weighted by atomic mass is 14.8. The zero-order valence-electron chi connectivity index (χ0n) is 20.5. The van der Waals surface area contributed by atoms with E-state index in [1.807, 2.05) is 0 Å². The van der Waals surface area contributed by atoms with Crippen molar-refractivity contribution in [1.29, 1.82) is 0 Å². The van der Waals surface area contributed by atoms with E-state index in [9.17, 15) is 0 Å². The molecule has 2 heterocycles. The highest BCUT2D eigenvalue weighted by Gasteiger charge is 2.35. The first kappa shape index (κ1) is 21.6. The van der Waals surface area contributed by atoms with Gasteiger partial charge in [-0.25, -0.2) is 0 Å². The predicted octanol–water partition coefficient (Wildman–Crippen LogP) is 8.84. The molecule has 4 aromatic carbocycles. The highest BCUT2D eigenvalue weighted by molar-refractivity contribution is 6.07. The quantitative estimate of drug-likeness (QED) is 0.287. The van der Waals surface area contributed by atoms with Gasteiger partial charge in [0.05, 0.1) is 11.4 Å². The van der Waals surface area contributed by atoms with Gasteiger partial charge in [0.15, 0.2) is 0 Å². The van der Waals surface area contributed by atoms with Gasteiger partial charge in [0.1, 0.15) is 0 Å². The fraction of sp³-hybridized carbons (Fsp3) is 0.290. The van der Waals surface area contributed by atoms with Crippen LogP contribution in [-0.4, -0.2) is 11.4 Å². The lowest BCUT2D eigenvalue weighted by Crippen LogP contribution is -2.24. The summed E-state index contributed by atoms with van der Waals surface area (Å²) in [5.74, 6) is 0. The second-order valence-electron chi connectivity index (χ2n) is 10.2. The Hall–Kier alpha value is -3.26. The van der Waals surface area contributed by atoms with Crippen LogP contribution in [-0.2, 0) is 10.8 Å². The molecule has 0 amide bonds. The molecule has 0 saturated carbocycles. The molecule has 33 heavy (non-hydrogen) atoms. The first-order valence-electron chi connectivity index (χ1n) is 11.9. The van der Waals surface area contributed by atoms with Crippen LogP contribution in [0.4, 0.5) is 11.4 Å². The van der Waals surface area contributed by atoms with Crippen molar-refractivity contribution in [1.82, 2.24) is 0 Å². The third-order valence-electron chi connectivity index (χ3n) is 7.57. The molecule has 0 saturated heterocycles. The van der Waals surface area contributed by atoms with Crippen molar-refractivity contribution in [3.05, 3.63) is 83.9 Å². The van der Waals surface area contributed by atoms with Crippen LogP contribution in [0.25, 0.3) is 21.5 Å². The van der Waals surface area contributed by atoms with Crippen molar-refractivity contribution in [2.75, 3.05) is 0 Å². The van der Waals surface area contributed by atoms with Gasteiger partial charge in [-0.2, -0.15) is 0 Å². The molecule has 0 spiro atoms. The number of benzene rings is 4. The molecule has 2 aliphatic heterocycles. The summed E-state index contributed by atoms with van der Waals surface area (Å²) in [5, 5.41) is 5.30. The Morgan fingerprint density at radius 2 is 1.09 bits per heavy atom. The van der Waals surface area contributed by atoms with Gasteiger partial charge in [-0.1, -0.05) is 95.3 Å². The van der Waals surface area contributed by atoms with Gasteiger partial charge in [0.25, 0.3) is 0 Å². The van der Waals surface area contributed by atoms with Crippen LogP contribution in [0, 0.1) is 0 Å². The van der Waals surface area contributed by atoms with Crippen molar-refractivity contribution in [2.24, 2.45) is 9.98 Å². The Balaban J connectivity index is 0.000000139. The van der Waals surface area contributed by atoms with Gasteiger partial charge in [0, 0.05) is 22.3 Å². The van der Waals surface area contributed by atoms with Crippen molar-refractivity contribution in [3.63, 3.8) is 0 Å². The van der Waals surface area contributed by atoms with E-state index in [0.29, 0.717) is 0 Å². The molecular weight excluding hydrogens is 400 g/mol. The molecule has 4 aromatic rings. The van der Waals surface area contributed by atoms with E-state index in [1.54, 1.807) is 0 Å². The molecule has 2 nitrogen and oxygen atoms in total. The smallest absolute Gasteiger partial charge is 0.0677 e. The van der Waals surface area contributed by atoms with Crippen LogP contribution >= 0.6 is 0 Å². The monoisotopic (exact) mass is 432 g/mol. The van der Waals surface area contributed by atoms with Gasteiger partial charge < -0.3 is 0 Å². The maximum atomic E-state index is 4.79. The summed E-state index contributed by atoms with van der Waals surface area (Å²) in [7, 11) is 0. The Bertz CT molecular complexity index is 1450. The number of nitrogens with zero attached hydrogens (tertiary/aromatic N) is 2. The molecule has 6 rings (SSSR count). The summed E-state index contributed by atoms with van der Waals surface area (Å²) < 4.78 is 0. The normalized spacial score (nSPS) is 17.2. The Morgan fingerprint density at radius 1 is 0.606 bits per heavy atom. The average molecular weight is 433 g/mol. The van der Waals surface area contributed by atoms with Crippen LogP contribution in [0.1, 0.15) is 59.1 Å². The minimum absolute atomic E-state index is 0.0657. The molecule has 0 radical (unpaired) electrons. The van der Waals surface area contributed by atoms with Crippen LogP contribution in [0.2, 0.25) is 0 Å². The minimum Gasteiger partial charge on any atom is -0.257 e. The maximum Gasteiger partial charge on any atom is 0.0677 e. The zero-order valence-corrected chi connectivity index (χ0v) is 20.5.